The molecule has 1 aliphatic heterocycles. The summed E-state index contributed by atoms with van der Waals surface area (Å²) in [4.78, 5) is 6.27. The van der Waals surface area contributed by atoms with Crippen molar-refractivity contribution in [1.29, 1.82) is 0 Å². The van der Waals surface area contributed by atoms with Crippen LogP contribution in [0.25, 0.3) is 22.8 Å². The Morgan fingerprint density at radius 3 is 2.64 bits per heavy atom. The molecule has 2 aromatic carbocycles. The lowest BCUT2D eigenvalue weighted by atomic mass is 9.99. The van der Waals surface area contributed by atoms with Gasteiger partial charge in [-0.2, -0.15) is 18.2 Å². The quantitative estimate of drug-likeness (QED) is 0.387. The van der Waals surface area contributed by atoms with Crippen LogP contribution in [0.5, 0.6) is 0 Å². The van der Waals surface area contributed by atoms with E-state index in [0.29, 0.717) is 18.3 Å². The van der Waals surface area contributed by atoms with Crippen LogP contribution in [-0.4, -0.2) is 22.7 Å². The highest BCUT2D eigenvalue weighted by atomic mass is 19.4. The molecule has 1 aromatic heterocycles. The van der Waals surface area contributed by atoms with Crippen molar-refractivity contribution >= 4 is 5.69 Å². The van der Waals surface area contributed by atoms with Crippen molar-refractivity contribution in [2.24, 2.45) is 5.92 Å². The minimum Gasteiger partial charge on any atom is -0.368 e. The van der Waals surface area contributed by atoms with Crippen molar-refractivity contribution < 1.29 is 17.7 Å². The first kappa shape index (κ1) is 23.3. The van der Waals surface area contributed by atoms with Gasteiger partial charge in [-0.25, -0.2) is 0 Å². The van der Waals surface area contributed by atoms with Gasteiger partial charge in [0.1, 0.15) is 0 Å². The van der Waals surface area contributed by atoms with Gasteiger partial charge in [0.2, 0.25) is 5.82 Å². The SMILES string of the molecule is CC(C)CCc1cccc(-c2noc(-c3ccc(N4CCCC[C@@H]4C)c(C(F)(F)F)c3)n2)c1. The molecular formula is C26H30F3N3O. The van der Waals surface area contributed by atoms with Crippen LogP contribution in [0.3, 0.4) is 0 Å². The summed E-state index contributed by atoms with van der Waals surface area (Å²) in [5.41, 5.74) is 1.79. The van der Waals surface area contributed by atoms with Crippen LogP contribution in [-0.2, 0) is 12.6 Å². The van der Waals surface area contributed by atoms with Crippen LogP contribution in [0, 0.1) is 5.92 Å². The van der Waals surface area contributed by atoms with Gasteiger partial charge >= 0.3 is 6.18 Å². The Morgan fingerprint density at radius 2 is 1.91 bits per heavy atom. The summed E-state index contributed by atoms with van der Waals surface area (Å²) < 4.78 is 47.3. The minimum absolute atomic E-state index is 0.0729. The normalized spacial score (nSPS) is 17.1. The van der Waals surface area contributed by atoms with E-state index in [1.165, 1.54) is 11.6 Å². The number of nitrogens with zero attached hydrogens (tertiary/aromatic N) is 3. The zero-order chi connectivity index (χ0) is 23.6. The number of aromatic nitrogens is 2. The molecule has 1 aliphatic rings. The largest absolute Gasteiger partial charge is 0.418 e. The van der Waals surface area contributed by atoms with Crippen LogP contribution < -0.4 is 4.90 Å². The van der Waals surface area contributed by atoms with E-state index in [4.69, 9.17) is 4.52 Å². The molecule has 4 rings (SSSR count). The second-order valence-corrected chi connectivity index (χ2v) is 9.32. The highest BCUT2D eigenvalue weighted by Gasteiger charge is 2.37. The fourth-order valence-electron chi connectivity index (χ4n) is 4.38. The third-order valence-corrected chi connectivity index (χ3v) is 6.28. The number of rotatable bonds is 6. The Morgan fingerprint density at radius 1 is 1.09 bits per heavy atom. The first-order valence-corrected chi connectivity index (χ1v) is 11.6. The van der Waals surface area contributed by atoms with E-state index < -0.39 is 11.7 Å². The monoisotopic (exact) mass is 457 g/mol. The van der Waals surface area contributed by atoms with Gasteiger partial charge in [-0.15, -0.1) is 0 Å². The zero-order valence-electron chi connectivity index (χ0n) is 19.3. The van der Waals surface area contributed by atoms with E-state index in [9.17, 15) is 13.2 Å². The molecule has 0 amide bonds. The fraction of sp³-hybridized carbons (Fsp3) is 0.462. The van der Waals surface area contributed by atoms with E-state index in [-0.39, 0.29) is 23.2 Å². The molecule has 33 heavy (non-hydrogen) atoms. The van der Waals surface area contributed by atoms with Crippen molar-refractivity contribution in [3.8, 4) is 22.8 Å². The molecule has 0 saturated carbocycles. The van der Waals surface area contributed by atoms with E-state index in [1.807, 2.05) is 30.0 Å². The molecule has 1 saturated heterocycles. The number of hydrogen-bond donors (Lipinski definition) is 0. The Kier molecular flexibility index (Phi) is 6.77. The maximum Gasteiger partial charge on any atom is 0.418 e. The molecule has 7 heteroatoms. The van der Waals surface area contributed by atoms with Crippen molar-refractivity contribution in [1.82, 2.24) is 10.1 Å². The number of hydrogen-bond acceptors (Lipinski definition) is 4. The summed E-state index contributed by atoms with van der Waals surface area (Å²) in [5.74, 6) is 1.06. The van der Waals surface area contributed by atoms with Crippen molar-refractivity contribution in [2.45, 2.75) is 65.1 Å². The maximum atomic E-state index is 14.0. The number of benzene rings is 2. The lowest BCUT2D eigenvalue weighted by Gasteiger charge is -2.37. The summed E-state index contributed by atoms with van der Waals surface area (Å²) in [6.45, 7) is 6.97. The molecule has 0 unspecified atom stereocenters. The third-order valence-electron chi connectivity index (χ3n) is 6.28. The molecule has 0 aliphatic carbocycles. The van der Waals surface area contributed by atoms with Gasteiger partial charge in [0, 0.05) is 29.4 Å². The van der Waals surface area contributed by atoms with Gasteiger partial charge in [-0.3, -0.25) is 0 Å². The van der Waals surface area contributed by atoms with Crippen molar-refractivity contribution in [3.05, 3.63) is 53.6 Å². The zero-order valence-corrected chi connectivity index (χ0v) is 19.3. The van der Waals surface area contributed by atoms with Gasteiger partial charge in [-0.05, 0) is 74.8 Å². The van der Waals surface area contributed by atoms with Crippen LogP contribution in [0.4, 0.5) is 18.9 Å². The molecule has 3 aromatic rings. The van der Waals surface area contributed by atoms with E-state index in [2.05, 4.69) is 30.1 Å². The summed E-state index contributed by atoms with van der Waals surface area (Å²) in [5, 5.41) is 4.04. The van der Waals surface area contributed by atoms with Crippen LogP contribution >= 0.6 is 0 Å². The molecule has 0 bridgehead atoms. The topological polar surface area (TPSA) is 42.2 Å². The number of halogens is 3. The molecular weight excluding hydrogens is 427 g/mol. The predicted octanol–water partition coefficient (Wildman–Crippen LogP) is 7.39. The van der Waals surface area contributed by atoms with Gasteiger partial charge in [-0.1, -0.05) is 37.2 Å². The summed E-state index contributed by atoms with van der Waals surface area (Å²) in [6.07, 6.45) is 0.371. The van der Waals surface area contributed by atoms with Gasteiger partial charge in [0.05, 0.1) is 5.56 Å². The molecule has 1 atom stereocenters. The lowest BCUT2D eigenvalue weighted by Crippen LogP contribution is -2.38. The molecule has 2 heterocycles. The highest BCUT2D eigenvalue weighted by Crippen LogP contribution is 2.41. The predicted molar refractivity (Wildman–Crippen MR) is 124 cm³/mol. The Balaban J connectivity index is 1.64. The average Bonchev–Trinajstić information content (AvgIpc) is 3.28. The third kappa shape index (κ3) is 5.40. The van der Waals surface area contributed by atoms with Gasteiger partial charge < -0.3 is 9.42 Å². The fourth-order valence-corrected chi connectivity index (χ4v) is 4.38. The molecule has 0 N–H and O–H groups in total. The smallest absolute Gasteiger partial charge is 0.368 e. The number of piperidine rings is 1. The summed E-state index contributed by atoms with van der Waals surface area (Å²) >= 11 is 0. The second-order valence-electron chi connectivity index (χ2n) is 9.32. The van der Waals surface area contributed by atoms with Gasteiger partial charge in [0.25, 0.3) is 5.89 Å². The van der Waals surface area contributed by atoms with Crippen LogP contribution in [0.2, 0.25) is 0 Å². The average molecular weight is 458 g/mol. The van der Waals surface area contributed by atoms with Crippen LogP contribution in [0.15, 0.2) is 47.0 Å². The molecule has 0 spiro atoms. The Hall–Kier alpha value is -2.83. The standard InChI is InChI=1S/C26H30F3N3O/c1-17(2)10-11-19-8-6-9-20(15-19)24-30-25(33-31-24)21-12-13-23(22(16-21)26(27,28)29)32-14-5-4-7-18(32)3/h6,8-9,12-13,15-18H,4-5,7,10-11,14H2,1-3H3/t18-/m0/s1. The first-order valence-electron chi connectivity index (χ1n) is 11.6. The molecule has 1 fully saturated rings. The number of alkyl halides is 3. The van der Waals surface area contributed by atoms with Crippen LogP contribution in [0.1, 0.15) is 57.6 Å². The molecule has 4 nitrogen and oxygen atoms in total. The van der Waals surface area contributed by atoms with Crippen molar-refractivity contribution in [2.75, 3.05) is 11.4 Å². The maximum absolute atomic E-state index is 14.0. The lowest BCUT2D eigenvalue weighted by molar-refractivity contribution is -0.137. The van der Waals surface area contributed by atoms with E-state index in [1.54, 1.807) is 6.07 Å². The van der Waals surface area contributed by atoms with Crippen molar-refractivity contribution in [3.63, 3.8) is 0 Å². The molecule has 0 radical (unpaired) electrons. The second kappa shape index (κ2) is 9.57. The highest BCUT2D eigenvalue weighted by molar-refractivity contribution is 5.67. The summed E-state index contributed by atoms with van der Waals surface area (Å²) in [6, 6.07) is 12.3. The number of aryl methyl sites for hydroxylation is 1. The summed E-state index contributed by atoms with van der Waals surface area (Å²) in [7, 11) is 0. The Bertz CT molecular complexity index is 1090. The number of anilines is 1. The van der Waals surface area contributed by atoms with E-state index in [0.717, 1.165) is 43.7 Å². The van der Waals surface area contributed by atoms with Gasteiger partial charge in [0.15, 0.2) is 0 Å². The minimum atomic E-state index is -4.48. The molecule has 176 valence electrons. The van der Waals surface area contributed by atoms with E-state index >= 15 is 0 Å². The first-order chi connectivity index (χ1) is 15.7. The Labute approximate surface area is 192 Å².